The van der Waals surface area contributed by atoms with Gasteiger partial charge in [-0.1, -0.05) is 53.1 Å². The van der Waals surface area contributed by atoms with Gasteiger partial charge < -0.3 is 0 Å². The summed E-state index contributed by atoms with van der Waals surface area (Å²) in [7, 11) is 0. The molecule has 0 aromatic carbocycles. The smallest absolute Gasteiger partial charge is 0.253 e. The van der Waals surface area contributed by atoms with Crippen LogP contribution in [-0.2, 0) is 0 Å². The van der Waals surface area contributed by atoms with Crippen molar-refractivity contribution >= 4 is 57.9 Å². The van der Waals surface area contributed by atoms with Gasteiger partial charge in [-0.3, -0.25) is 4.79 Å². The fraction of sp³-hybridized carbons (Fsp3) is 0.286. The van der Waals surface area contributed by atoms with Crippen LogP contribution in [-0.4, -0.2) is 5.75 Å². The lowest BCUT2D eigenvalue weighted by atomic mass is 10.5. The van der Waals surface area contributed by atoms with E-state index in [-0.39, 0.29) is 14.8 Å². The summed E-state index contributed by atoms with van der Waals surface area (Å²) in [6.07, 6.45) is 0. The Labute approximate surface area is 99.0 Å². The molecule has 0 bridgehead atoms. The minimum Gasteiger partial charge on any atom is -0.276 e. The summed E-state index contributed by atoms with van der Waals surface area (Å²) in [5.41, 5.74) is 0. The Balaban J connectivity index is 3.32. The van der Waals surface area contributed by atoms with E-state index >= 15 is 0 Å². The van der Waals surface area contributed by atoms with E-state index in [9.17, 15) is 4.79 Å². The monoisotopic (exact) mass is 274 g/mol. The first kappa shape index (κ1) is 11.7. The Morgan fingerprint density at radius 3 is 2.38 bits per heavy atom. The predicted molar refractivity (Wildman–Crippen MR) is 62.0 cm³/mol. The average Bonchev–Trinajstić information content (AvgIpc) is 2.11. The van der Waals surface area contributed by atoms with Gasteiger partial charge in [-0.05, 0) is 5.75 Å². The van der Waals surface area contributed by atoms with Crippen molar-refractivity contribution in [2.45, 2.75) is 11.1 Å². The summed E-state index contributed by atoms with van der Waals surface area (Å²) in [6.45, 7) is 1.97. The summed E-state index contributed by atoms with van der Waals surface area (Å²) in [5, 5.41) is 0.545. The van der Waals surface area contributed by atoms with E-state index in [1.807, 2.05) is 6.92 Å². The molecule has 0 aliphatic carbocycles. The summed E-state index contributed by atoms with van der Waals surface area (Å²) in [6, 6.07) is 0. The highest BCUT2D eigenvalue weighted by atomic mass is 35.5. The van der Waals surface area contributed by atoms with Crippen LogP contribution >= 0.6 is 57.9 Å². The Bertz CT molecular complexity index is 375. The Hall–Kier alpha value is 0.590. The zero-order valence-electron chi connectivity index (χ0n) is 6.57. The van der Waals surface area contributed by atoms with E-state index in [4.69, 9.17) is 34.8 Å². The van der Waals surface area contributed by atoms with E-state index in [1.54, 1.807) is 0 Å². The summed E-state index contributed by atoms with van der Waals surface area (Å²) in [5.74, 6) is 0.841. The summed E-state index contributed by atoms with van der Waals surface area (Å²) >= 11 is 19.8. The maximum atomic E-state index is 11.2. The van der Waals surface area contributed by atoms with Crippen LogP contribution in [0.3, 0.4) is 0 Å². The van der Waals surface area contributed by atoms with Crippen molar-refractivity contribution in [3.05, 3.63) is 24.6 Å². The molecule has 6 heteroatoms. The minimum atomic E-state index is -0.244. The molecule has 0 N–H and O–H groups in total. The van der Waals surface area contributed by atoms with Crippen LogP contribution in [0.25, 0.3) is 0 Å². The van der Waals surface area contributed by atoms with Crippen molar-refractivity contribution < 1.29 is 0 Å². The van der Waals surface area contributed by atoms with Gasteiger partial charge >= 0.3 is 0 Å². The standard InChI is InChI=1S/C7H5Cl3OS2/c1-2-12-7-5(10)3(8)4(9)6(11)13-7/h2H2,1H3. The quantitative estimate of drug-likeness (QED) is 0.753. The Kier molecular flexibility index (Phi) is 4.39. The minimum absolute atomic E-state index is 0.0112. The van der Waals surface area contributed by atoms with Crippen molar-refractivity contribution in [2.24, 2.45) is 0 Å². The zero-order chi connectivity index (χ0) is 10.0. The maximum absolute atomic E-state index is 11.2. The normalized spacial score (nSPS) is 10.5. The van der Waals surface area contributed by atoms with Gasteiger partial charge in [-0.15, -0.1) is 11.8 Å². The molecule has 13 heavy (non-hydrogen) atoms. The number of halogens is 3. The highest BCUT2D eigenvalue weighted by Gasteiger charge is 2.13. The van der Waals surface area contributed by atoms with Gasteiger partial charge in [0.15, 0.2) is 0 Å². The molecular weight excluding hydrogens is 271 g/mol. The van der Waals surface area contributed by atoms with Gasteiger partial charge in [0.2, 0.25) is 0 Å². The lowest BCUT2D eigenvalue weighted by Gasteiger charge is -2.02. The van der Waals surface area contributed by atoms with Crippen molar-refractivity contribution in [2.75, 3.05) is 5.75 Å². The van der Waals surface area contributed by atoms with Gasteiger partial charge in [-0.2, -0.15) is 0 Å². The first-order valence-electron chi connectivity index (χ1n) is 3.38. The van der Waals surface area contributed by atoms with E-state index in [1.165, 1.54) is 11.8 Å². The highest BCUT2D eigenvalue weighted by Crippen LogP contribution is 2.37. The second-order valence-corrected chi connectivity index (χ2v) is 5.70. The molecule has 0 atom stereocenters. The summed E-state index contributed by atoms with van der Waals surface area (Å²) < 4.78 is 0.482. The molecule has 1 nitrogen and oxygen atoms in total. The van der Waals surface area contributed by atoms with Crippen LogP contribution in [0.5, 0.6) is 0 Å². The molecule has 72 valence electrons. The molecule has 1 aromatic heterocycles. The zero-order valence-corrected chi connectivity index (χ0v) is 10.5. The second kappa shape index (κ2) is 4.89. The molecule has 0 unspecified atom stereocenters. The van der Waals surface area contributed by atoms with Crippen molar-refractivity contribution in [1.29, 1.82) is 0 Å². The molecule has 1 heterocycles. The molecule has 1 aromatic rings. The van der Waals surface area contributed by atoms with Crippen LogP contribution in [0.15, 0.2) is 9.00 Å². The number of thioether (sulfide) groups is 1. The molecule has 1 rings (SSSR count). The van der Waals surface area contributed by atoms with Crippen LogP contribution in [0.2, 0.25) is 15.1 Å². The highest BCUT2D eigenvalue weighted by molar-refractivity contribution is 8.01. The van der Waals surface area contributed by atoms with Gasteiger partial charge in [-0.25, -0.2) is 0 Å². The van der Waals surface area contributed by atoms with E-state index in [2.05, 4.69) is 0 Å². The van der Waals surface area contributed by atoms with Gasteiger partial charge in [0.05, 0.1) is 14.3 Å². The number of rotatable bonds is 2. The first-order valence-corrected chi connectivity index (χ1v) is 6.32. The predicted octanol–water partition coefficient (Wildman–Crippen LogP) is 4.18. The topological polar surface area (TPSA) is 17.1 Å². The Morgan fingerprint density at radius 1 is 1.23 bits per heavy atom. The van der Waals surface area contributed by atoms with Gasteiger partial charge in [0.25, 0.3) is 4.74 Å². The van der Waals surface area contributed by atoms with Crippen LogP contribution < -0.4 is 4.74 Å². The third-order valence-corrected chi connectivity index (χ3v) is 4.99. The van der Waals surface area contributed by atoms with E-state index in [0.717, 1.165) is 21.3 Å². The lowest BCUT2D eigenvalue weighted by Crippen LogP contribution is -1.96. The van der Waals surface area contributed by atoms with Crippen molar-refractivity contribution in [1.82, 2.24) is 0 Å². The third kappa shape index (κ3) is 2.54. The van der Waals surface area contributed by atoms with Crippen LogP contribution in [0, 0.1) is 0 Å². The van der Waals surface area contributed by atoms with E-state index < -0.39 is 0 Å². The molecule has 0 amide bonds. The molecule has 0 aliphatic rings. The summed E-state index contributed by atoms with van der Waals surface area (Å²) in [4.78, 5) is 11.2. The van der Waals surface area contributed by atoms with Gasteiger partial charge in [0, 0.05) is 0 Å². The number of hydrogen-bond acceptors (Lipinski definition) is 3. The second-order valence-electron chi connectivity index (χ2n) is 2.05. The number of hydrogen-bond donors (Lipinski definition) is 0. The van der Waals surface area contributed by atoms with Crippen LogP contribution in [0.1, 0.15) is 6.92 Å². The van der Waals surface area contributed by atoms with Crippen molar-refractivity contribution in [3.63, 3.8) is 0 Å². The molecule has 0 fully saturated rings. The fourth-order valence-electron chi connectivity index (χ4n) is 0.673. The van der Waals surface area contributed by atoms with Crippen LogP contribution in [0.4, 0.5) is 0 Å². The van der Waals surface area contributed by atoms with Crippen molar-refractivity contribution in [3.8, 4) is 0 Å². The fourth-order valence-corrected chi connectivity index (χ4v) is 3.51. The Morgan fingerprint density at radius 2 is 1.85 bits per heavy atom. The van der Waals surface area contributed by atoms with Gasteiger partial charge in [0.1, 0.15) is 5.02 Å². The average molecular weight is 276 g/mol. The SMILES string of the molecule is CCSc1sc(=O)c(Cl)c(Cl)c1Cl. The molecular formula is C7H5Cl3OS2. The molecule has 0 saturated heterocycles. The largest absolute Gasteiger partial charge is 0.276 e. The van der Waals surface area contributed by atoms with E-state index in [0.29, 0.717) is 5.02 Å². The lowest BCUT2D eigenvalue weighted by molar-refractivity contribution is 1.50. The first-order chi connectivity index (χ1) is 6.07. The maximum Gasteiger partial charge on any atom is 0.253 e. The molecule has 0 aliphatic heterocycles. The molecule has 0 spiro atoms. The molecule has 0 radical (unpaired) electrons. The molecule has 0 saturated carbocycles. The third-order valence-electron chi connectivity index (χ3n) is 1.20.